The maximum absolute atomic E-state index is 6.16. The van der Waals surface area contributed by atoms with Gasteiger partial charge >= 0.3 is 0 Å². The standard InChI is InChI=1S/C14H19NO/c1-11-10-14(7-8-15-11)13-5-3-2-4-12(13)6-9-16-14/h2-5,11,15H,6-10H2,1H3/t11-,14?/m0/s1. The van der Waals surface area contributed by atoms with Gasteiger partial charge in [-0.2, -0.15) is 0 Å². The first-order valence-electron chi connectivity index (χ1n) is 6.26. The number of hydrogen-bond acceptors (Lipinski definition) is 2. The monoisotopic (exact) mass is 217 g/mol. The smallest absolute Gasteiger partial charge is 0.0960 e. The normalized spacial score (nSPS) is 33.7. The van der Waals surface area contributed by atoms with Crippen LogP contribution in [0, 0.1) is 0 Å². The highest BCUT2D eigenvalue weighted by molar-refractivity contribution is 5.35. The van der Waals surface area contributed by atoms with Crippen molar-refractivity contribution in [2.45, 2.75) is 37.8 Å². The molecular weight excluding hydrogens is 198 g/mol. The summed E-state index contributed by atoms with van der Waals surface area (Å²) in [5, 5.41) is 3.50. The van der Waals surface area contributed by atoms with Crippen molar-refractivity contribution < 1.29 is 4.74 Å². The summed E-state index contributed by atoms with van der Waals surface area (Å²) < 4.78 is 6.16. The lowest BCUT2D eigenvalue weighted by Gasteiger charge is -2.44. The fourth-order valence-electron chi connectivity index (χ4n) is 3.18. The third-order valence-corrected chi connectivity index (χ3v) is 3.92. The molecule has 0 aliphatic carbocycles. The molecule has 86 valence electrons. The molecule has 2 nitrogen and oxygen atoms in total. The maximum atomic E-state index is 6.16. The molecule has 0 aromatic heterocycles. The van der Waals surface area contributed by atoms with Gasteiger partial charge in [0.25, 0.3) is 0 Å². The Morgan fingerprint density at radius 3 is 3.12 bits per heavy atom. The summed E-state index contributed by atoms with van der Waals surface area (Å²) in [6, 6.07) is 9.35. The Labute approximate surface area is 97.0 Å². The van der Waals surface area contributed by atoms with Crippen molar-refractivity contribution in [3.63, 3.8) is 0 Å². The number of rotatable bonds is 0. The van der Waals surface area contributed by atoms with E-state index < -0.39 is 0 Å². The SMILES string of the molecule is C[C@H]1CC2(CCN1)OCCc1ccccc12. The molecule has 0 bridgehead atoms. The van der Waals surface area contributed by atoms with Crippen LogP contribution in [0.4, 0.5) is 0 Å². The molecule has 2 heteroatoms. The van der Waals surface area contributed by atoms with Crippen LogP contribution in [-0.2, 0) is 16.8 Å². The Balaban J connectivity index is 2.02. The molecular formula is C14H19NO. The number of piperidine rings is 1. The van der Waals surface area contributed by atoms with Crippen molar-refractivity contribution in [1.82, 2.24) is 5.32 Å². The molecule has 16 heavy (non-hydrogen) atoms. The fraction of sp³-hybridized carbons (Fsp3) is 0.571. The summed E-state index contributed by atoms with van der Waals surface area (Å²) in [5.41, 5.74) is 2.93. The molecule has 1 spiro atoms. The van der Waals surface area contributed by atoms with Crippen molar-refractivity contribution in [2.24, 2.45) is 0 Å². The number of benzene rings is 1. The average molecular weight is 217 g/mol. The van der Waals surface area contributed by atoms with Crippen LogP contribution in [0.2, 0.25) is 0 Å². The van der Waals surface area contributed by atoms with Crippen LogP contribution < -0.4 is 5.32 Å². The van der Waals surface area contributed by atoms with Crippen LogP contribution in [0.25, 0.3) is 0 Å². The number of fused-ring (bicyclic) bond motifs is 2. The predicted molar refractivity (Wildman–Crippen MR) is 64.5 cm³/mol. The molecule has 0 saturated carbocycles. The highest BCUT2D eigenvalue weighted by atomic mass is 16.5. The van der Waals surface area contributed by atoms with Gasteiger partial charge in [-0.3, -0.25) is 0 Å². The van der Waals surface area contributed by atoms with Gasteiger partial charge in [0.15, 0.2) is 0 Å². The molecule has 0 radical (unpaired) electrons. The molecule has 0 amide bonds. The topological polar surface area (TPSA) is 21.3 Å². The molecule has 1 unspecified atom stereocenters. The lowest BCUT2D eigenvalue weighted by Crippen LogP contribution is -2.48. The summed E-state index contributed by atoms with van der Waals surface area (Å²) in [6.07, 6.45) is 3.28. The van der Waals surface area contributed by atoms with Crippen molar-refractivity contribution in [3.05, 3.63) is 35.4 Å². The maximum Gasteiger partial charge on any atom is 0.0960 e. The van der Waals surface area contributed by atoms with Gasteiger partial charge in [0.2, 0.25) is 0 Å². The van der Waals surface area contributed by atoms with Crippen molar-refractivity contribution in [1.29, 1.82) is 0 Å². The van der Waals surface area contributed by atoms with E-state index in [0.717, 1.165) is 32.4 Å². The third-order valence-electron chi connectivity index (χ3n) is 3.92. The number of ether oxygens (including phenoxy) is 1. The van der Waals surface area contributed by atoms with Gasteiger partial charge in [-0.1, -0.05) is 24.3 Å². The molecule has 2 atom stereocenters. The van der Waals surface area contributed by atoms with Gasteiger partial charge in [0, 0.05) is 6.04 Å². The summed E-state index contributed by atoms with van der Waals surface area (Å²) in [6.45, 7) is 4.20. The molecule has 2 aliphatic heterocycles. The minimum atomic E-state index is -0.000486. The van der Waals surface area contributed by atoms with E-state index in [1.165, 1.54) is 11.1 Å². The Morgan fingerprint density at radius 2 is 2.25 bits per heavy atom. The summed E-state index contributed by atoms with van der Waals surface area (Å²) in [7, 11) is 0. The lowest BCUT2D eigenvalue weighted by atomic mass is 9.78. The summed E-state index contributed by atoms with van der Waals surface area (Å²) in [5.74, 6) is 0. The van der Waals surface area contributed by atoms with E-state index in [9.17, 15) is 0 Å². The van der Waals surface area contributed by atoms with Gasteiger partial charge in [-0.05, 0) is 43.9 Å². The Bertz CT molecular complexity index is 390. The summed E-state index contributed by atoms with van der Waals surface area (Å²) in [4.78, 5) is 0. The molecule has 1 N–H and O–H groups in total. The first-order valence-corrected chi connectivity index (χ1v) is 6.26. The third kappa shape index (κ3) is 1.57. The molecule has 2 aliphatic rings. The number of hydrogen-bond donors (Lipinski definition) is 1. The molecule has 3 rings (SSSR count). The number of nitrogens with one attached hydrogen (secondary N) is 1. The fourth-order valence-corrected chi connectivity index (χ4v) is 3.18. The highest BCUT2D eigenvalue weighted by Gasteiger charge is 2.40. The zero-order valence-electron chi connectivity index (χ0n) is 9.83. The molecule has 1 aromatic rings. The van der Waals surface area contributed by atoms with E-state index in [0.29, 0.717) is 6.04 Å². The Kier molecular flexibility index (Phi) is 2.49. The van der Waals surface area contributed by atoms with Gasteiger partial charge in [-0.15, -0.1) is 0 Å². The first-order chi connectivity index (χ1) is 7.80. The van der Waals surface area contributed by atoms with Crippen LogP contribution in [0.5, 0.6) is 0 Å². The van der Waals surface area contributed by atoms with Crippen molar-refractivity contribution >= 4 is 0 Å². The molecule has 1 fully saturated rings. The minimum Gasteiger partial charge on any atom is -0.370 e. The summed E-state index contributed by atoms with van der Waals surface area (Å²) >= 11 is 0. The van der Waals surface area contributed by atoms with Crippen LogP contribution in [-0.4, -0.2) is 19.2 Å². The van der Waals surface area contributed by atoms with Crippen molar-refractivity contribution in [3.8, 4) is 0 Å². The average Bonchev–Trinajstić information content (AvgIpc) is 2.30. The lowest BCUT2D eigenvalue weighted by molar-refractivity contribution is -0.0879. The second-order valence-corrected chi connectivity index (χ2v) is 5.06. The molecule has 1 aromatic carbocycles. The largest absolute Gasteiger partial charge is 0.370 e. The quantitative estimate of drug-likeness (QED) is 0.719. The van der Waals surface area contributed by atoms with Gasteiger partial charge in [0.1, 0.15) is 0 Å². The van der Waals surface area contributed by atoms with Crippen LogP contribution >= 0.6 is 0 Å². The van der Waals surface area contributed by atoms with Crippen LogP contribution in [0.1, 0.15) is 30.9 Å². The van der Waals surface area contributed by atoms with Gasteiger partial charge < -0.3 is 10.1 Å². The van der Waals surface area contributed by atoms with E-state index in [1.54, 1.807) is 0 Å². The zero-order chi connectivity index (χ0) is 11.0. The van der Waals surface area contributed by atoms with E-state index in [2.05, 4.69) is 36.5 Å². The van der Waals surface area contributed by atoms with E-state index >= 15 is 0 Å². The zero-order valence-corrected chi connectivity index (χ0v) is 9.83. The second-order valence-electron chi connectivity index (χ2n) is 5.06. The molecule has 2 heterocycles. The van der Waals surface area contributed by atoms with Crippen LogP contribution in [0.15, 0.2) is 24.3 Å². The Hall–Kier alpha value is -0.860. The van der Waals surface area contributed by atoms with E-state index in [-0.39, 0.29) is 5.60 Å². The minimum absolute atomic E-state index is 0.000486. The second kappa shape index (κ2) is 3.86. The van der Waals surface area contributed by atoms with Crippen molar-refractivity contribution in [2.75, 3.05) is 13.2 Å². The van der Waals surface area contributed by atoms with Gasteiger partial charge in [0.05, 0.1) is 12.2 Å². The van der Waals surface area contributed by atoms with E-state index in [1.807, 2.05) is 0 Å². The van der Waals surface area contributed by atoms with E-state index in [4.69, 9.17) is 4.74 Å². The predicted octanol–water partition coefficient (Wildman–Crippen LogP) is 2.23. The Morgan fingerprint density at radius 1 is 1.38 bits per heavy atom. The first kappa shape index (κ1) is 10.3. The molecule has 1 saturated heterocycles. The van der Waals surface area contributed by atoms with Crippen LogP contribution in [0.3, 0.4) is 0 Å². The highest BCUT2D eigenvalue weighted by Crippen LogP contribution is 2.41. The van der Waals surface area contributed by atoms with Gasteiger partial charge in [-0.25, -0.2) is 0 Å².